The summed E-state index contributed by atoms with van der Waals surface area (Å²) in [5.41, 5.74) is 1.24. The maximum absolute atomic E-state index is 8.92. The second-order valence-electron chi connectivity index (χ2n) is 3.37. The summed E-state index contributed by atoms with van der Waals surface area (Å²) in [5, 5.41) is 9.80. The molecule has 3 heteroatoms. The molecule has 1 unspecified atom stereocenters. The lowest BCUT2D eigenvalue weighted by Crippen LogP contribution is -2.03. The molecule has 2 rings (SSSR count). The van der Waals surface area contributed by atoms with Gasteiger partial charge in [-0.15, -0.1) is 11.3 Å². The first kappa shape index (κ1) is 8.20. The Morgan fingerprint density at radius 1 is 1.67 bits per heavy atom. The highest BCUT2D eigenvalue weighted by Crippen LogP contribution is 2.35. The molecule has 1 atom stereocenters. The van der Waals surface area contributed by atoms with Gasteiger partial charge in [-0.2, -0.15) is 0 Å². The first-order chi connectivity index (χ1) is 5.81. The van der Waals surface area contributed by atoms with E-state index in [0.717, 1.165) is 11.4 Å². The van der Waals surface area contributed by atoms with Crippen molar-refractivity contribution in [3.8, 4) is 0 Å². The zero-order valence-corrected chi connectivity index (χ0v) is 8.02. The van der Waals surface area contributed by atoms with Gasteiger partial charge < -0.3 is 5.11 Å². The molecule has 1 aliphatic rings. The summed E-state index contributed by atoms with van der Waals surface area (Å²) in [6, 6.07) is 0. The van der Waals surface area contributed by atoms with Crippen LogP contribution in [0.4, 0.5) is 0 Å². The van der Waals surface area contributed by atoms with Crippen LogP contribution in [0, 0.1) is 0 Å². The average molecular weight is 183 g/mol. The molecule has 0 spiro atoms. The molecule has 0 bridgehead atoms. The minimum absolute atomic E-state index is 0.102. The molecule has 1 heterocycles. The molecular weight excluding hydrogens is 170 g/mol. The summed E-state index contributed by atoms with van der Waals surface area (Å²) in [4.78, 5) is 5.80. The van der Waals surface area contributed by atoms with Gasteiger partial charge in [0.25, 0.3) is 0 Å². The highest BCUT2D eigenvalue weighted by Gasteiger charge is 2.20. The Bertz CT molecular complexity index is 282. The van der Waals surface area contributed by atoms with E-state index in [9.17, 15) is 0 Å². The second kappa shape index (κ2) is 3.15. The summed E-state index contributed by atoms with van der Waals surface area (Å²) in [7, 11) is 0. The summed E-state index contributed by atoms with van der Waals surface area (Å²) >= 11 is 1.68. The van der Waals surface area contributed by atoms with E-state index in [1.807, 2.05) is 0 Å². The lowest BCUT2D eigenvalue weighted by atomic mass is 9.94. The Kier molecular flexibility index (Phi) is 2.15. The number of fused-ring (bicyclic) bond motifs is 1. The molecule has 2 nitrogen and oxygen atoms in total. The Morgan fingerprint density at radius 3 is 3.17 bits per heavy atom. The quantitative estimate of drug-likeness (QED) is 0.723. The van der Waals surface area contributed by atoms with E-state index in [1.54, 1.807) is 11.3 Å². The number of thiazole rings is 1. The van der Waals surface area contributed by atoms with Crippen molar-refractivity contribution in [2.24, 2.45) is 0 Å². The van der Waals surface area contributed by atoms with Crippen molar-refractivity contribution in [3.63, 3.8) is 0 Å². The molecule has 1 aromatic heterocycles. The average Bonchev–Trinajstić information content (AvgIpc) is 2.49. The normalized spacial score (nSPS) is 22.3. The van der Waals surface area contributed by atoms with Gasteiger partial charge in [0.2, 0.25) is 0 Å². The third kappa shape index (κ3) is 1.27. The minimum atomic E-state index is 0.102. The first-order valence-electron chi connectivity index (χ1n) is 4.40. The van der Waals surface area contributed by atoms with Crippen LogP contribution in [0.1, 0.15) is 41.3 Å². The largest absolute Gasteiger partial charge is 0.389 e. The van der Waals surface area contributed by atoms with Crippen molar-refractivity contribution in [1.82, 2.24) is 4.98 Å². The highest BCUT2D eigenvalue weighted by molar-refractivity contribution is 7.11. The van der Waals surface area contributed by atoms with Gasteiger partial charge in [0.15, 0.2) is 0 Å². The smallest absolute Gasteiger partial charge is 0.119 e. The van der Waals surface area contributed by atoms with E-state index in [-0.39, 0.29) is 6.61 Å². The molecule has 1 aromatic rings. The molecule has 12 heavy (non-hydrogen) atoms. The van der Waals surface area contributed by atoms with Crippen LogP contribution in [-0.2, 0) is 13.0 Å². The van der Waals surface area contributed by atoms with E-state index in [1.165, 1.54) is 23.4 Å². The molecule has 1 aliphatic carbocycles. The maximum atomic E-state index is 8.92. The Balaban J connectivity index is 2.37. The van der Waals surface area contributed by atoms with Gasteiger partial charge in [0.1, 0.15) is 5.01 Å². The van der Waals surface area contributed by atoms with Crippen molar-refractivity contribution in [2.45, 2.75) is 38.7 Å². The van der Waals surface area contributed by atoms with Crippen LogP contribution < -0.4 is 0 Å². The summed E-state index contributed by atoms with van der Waals surface area (Å²) in [5.74, 6) is 0.659. The number of aliphatic hydroxyl groups is 1. The van der Waals surface area contributed by atoms with Crippen LogP contribution in [-0.4, -0.2) is 10.1 Å². The predicted molar refractivity (Wildman–Crippen MR) is 49.4 cm³/mol. The van der Waals surface area contributed by atoms with Gasteiger partial charge in [0.05, 0.1) is 12.3 Å². The molecule has 1 N–H and O–H groups in total. The van der Waals surface area contributed by atoms with Crippen LogP contribution in [0.15, 0.2) is 0 Å². The van der Waals surface area contributed by atoms with E-state index in [0.29, 0.717) is 5.92 Å². The minimum Gasteiger partial charge on any atom is -0.389 e. The van der Waals surface area contributed by atoms with Crippen LogP contribution in [0.3, 0.4) is 0 Å². The fourth-order valence-electron chi connectivity index (χ4n) is 1.75. The Hall–Kier alpha value is -0.410. The van der Waals surface area contributed by atoms with Gasteiger partial charge in [-0.25, -0.2) is 4.98 Å². The maximum Gasteiger partial charge on any atom is 0.119 e. The van der Waals surface area contributed by atoms with Gasteiger partial charge in [-0.1, -0.05) is 6.92 Å². The first-order valence-corrected chi connectivity index (χ1v) is 5.22. The number of aliphatic hydroxyl groups excluding tert-OH is 1. The van der Waals surface area contributed by atoms with Crippen molar-refractivity contribution in [3.05, 3.63) is 15.6 Å². The molecule has 0 fully saturated rings. The lowest BCUT2D eigenvalue weighted by molar-refractivity contribution is 0.281. The SMILES string of the molecule is CC1CCCc2nc(CO)sc21. The molecule has 0 aromatic carbocycles. The fourth-order valence-corrected chi connectivity index (χ4v) is 2.81. The molecule has 0 radical (unpaired) electrons. The van der Waals surface area contributed by atoms with E-state index >= 15 is 0 Å². The van der Waals surface area contributed by atoms with E-state index in [2.05, 4.69) is 11.9 Å². The number of hydrogen-bond acceptors (Lipinski definition) is 3. The third-order valence-electron chi connectivity index (χ3n) is 2.41. The van der Waals surface area contributed by atoms with E-state index < -0.39 is 0 Å². The van der Waals surface area contributed by atoms with Crippen molar-refractivity contribution < 1.29 is 5.11 Å². The number of aromatic nitrogens is 1. The Morgan fingerprint density at radius 2 is 2.50 bits per heavy atom. The van der Waals surface area contributed by atoms with Gasteiger partial charge >= 0.3 is 0 Å². The van der Waals surface area contributed by atoms with Gasteiger partial charge in [-0.05, 0) is 25.2 Å². The fraction of sp³-hybridized carbons (Fsp3) is 0.667. The molecule has 0 saturated carbocycles. The van der Waals surface area contributed by atoms with Crippen LogP contribution in [0.5, 0.6) is 0 Å². The molecule has 0 aliphatic heterocycles. The van der Waals surface area contributed by atoms with Crippen LogP contribution >= 0.6 is 11.3 Å². The van der Waals surface area contributed by atoms with E-state index in [4.69, 9.17) is 5.11 Å². The van der Waals surface area contributed by atoms with Crippen LogP contribution in [0.25, 0.3) is 0 Å². The van der Waals surface area contributed by atoms with Crippen molar-refractivity contribution in [1.29, 1.82) is 0 Å². The topological polar surface area (TPSA) is 33.1 Å². The predicted octanol–water partition coefficient (Wildman–Crippen LogP) is 2.08. The lowest BCUT2D eigenvalue weighted by Gasteiger charge is -2.15. The number of hydrogen-bond donors (Lipinski definition) is 1. The Labute approximate surface area is 76.3 Å². The molecule has 66 valence electrons. The summed E-state index contributed by atoms with van der Waals surface area (Å²) < 4.78 is 0. The molecular formula is C9H13NOS. The summed E-state index contributed by atoms with van der Waals surface area (Å²) in [6.07, 6.45) is 3.64. The number of nitrogens with zero attached hydrogens (tertiary/aromatic N) is 1. The van der Waals surface area contributed by atoms with Crippen LogP contribution in [0.2, 0.25) is 0 Å². The van der Waals surface area contributed by atoms with Gasteiger partial charge in [-0.3, -0.25) is 0 Å². The second-order valence-corrected chi connectivity index (χ2v) is 4.49. The van der Waals surface area contributed by atoms with Gasteiger partial charge in [0, 0.05) is 4.88 Å². The number of aryl methyl sites for hydroxylation is 1. The molecule has 0 amide bonds. The standard InChI is InChI=1S/C9H13NOS/c1-6-3-2-4-7-9(6)12-8(5-11)10-7/h6,11H,2-5H2,1H3. The van der Waals surface area contributed by atoms with Crippen molar-refractivity contribution >= 4 is 11.3 Å². The monoisotopic (exact) mass is 183 g/mol. The molecule has 0 saturated heterocycles. The summed E-state index contributed by atoms with van der Waals surface area (Å²) in [6.45, 7) is 2.35. The number of rotatable bonds is 1. The zero-order chi connectivity index (χ0) is 8.55. The third-order valence-corrected chi connectivity index (χ3v) is 3.72. The zero-order valence-electron chi connectivity index (χ0n) is 7.21. The highest BCUT2D eigenvalue weighted by atomic mass is 32.1. The van der Waals surface area contributed by atoms with Crippen molar-refractivity contribution in [2.75, 3.05) is 0 Å².